The summed E-state index contributed by atoms with van der Waals surface area (Å²) in [5.74, 6) is 0.994. The van der Waals surface area contributed by atoms with Crippen molar-refractivity contribution in [3.8, 4) is 78.8 Å². The Morgan fingerprint density at radius 2 is 0.750 bits per heavy atom. The first-order valence-corrected chi connectivity index (χ1v) is 17.3. The Morgan fingerprint density at radius 1 is 0.365 bits per heavy atom. The van der Waals surface area contributed by atoms with E-state index in [0.717, 1.165) is 83.6 Å². The van der Waals surface area contributed by atoms with Gasteiger partial charge < -0.3 is 4.42 Å². The van der Waals surface area contributed by atoms with E-state index in [1.54, 1.807) is 0 Å². The molecule has 52 heavy (non-hydrogen) atoms. The van der Waals surface area contributed by atoms with E-state index < -0.39 is 0 Å². The fourth-order valence-electron chi connectivity index (χ4n) is 6.81. The van der Waals surface area contributed by atoms with Crippen LogP contribution in [-0.2, 0) is 0 Å². The summed E-state index contributed by atoms with van der Waals surface area (Å²) in [5, 5.41) is 8.54. The largest absolute Gasteiger partial charge is 0.416 e. The standard InChI is InChI=1S/C47H32N4O/c1-31-30-40(34-14-6-2-7-15-34)44-45(41(31)35-16-8-3-9-17-35)49-42(36-18-10-4-11-19-36)43(48-44)37-26-22-32(23-27-37)33-24-28-39(29-25-33)47-51-50-46(52-47)38-20-12-5-13-21-38/h2-30H,1H3. The van der Waals surface area contributed by atoms with E-state index >= 15 is 0 Å². The zero-order chi connectivity index (χ0) is 34.9. The molecule has 0 amide bonds. The van der Waals surface area contributed by atoms with Crippen LogP contribution in [0, 0.1) is 6.92 Å². The SMILES string of the molecule is Cc1cc(-c2ccccc2)c2nc(-c3ccc(-c4ccc(-c5nnc(-c6ccccc6)o5)cc4)cc3)c(-c3ccccc3)nc2c1-c1ccccc1. The van der Waals surface area contributed by atoms with E-state index in [-0.39, 0.29) is 0 Å². The third-order valence-electron chi connectivity index (χ3n) is 9.41. The van der Waals surface area contributed by atoms with E-state index in [0.29, 0.717) is 11.8 Å². The van der Waals surface area contributed by atoms with Crippen LogP contribution >= 0.6 is 0 Å². The van der Waals surface area contributed by atoms with Gasteiger partial charge in [0, 0.05) is 33.4 Å². The highest BCUT2D eigenvalue weighted by Gasteiger charge is 2.21. The molecule has 7 aromatic carbocycles. The second-order valence-electron chi connectivity index (χ2n) is 12.8. The summed E-state index contributed by atoms with van der Waals surface area (Å²) in [6.45, 7) is 2.17. The molecule has 0 radical (unpaired) electrons. The Balaban J connectivity index is 1.14. The molecule has 0 aliphatic heterocycles. The summed E-state index contributed by atoms with van der Waals surface area (Å²) < 4.78 is 5.98. The Bertz CT molecular complexity index is 2640. The van der Waals surface area contributed by atoms with Crippen LogP contribution in [-0.4, -0.2) is 20.2 Å². The second kappa shape index (κ2) is 13.4. The molecule has 2 heterocycles. The van der Waals surface area contributed by atoms with Crippen molar-refractivity contribution in [2.75, 3.05) is 0 Å². The Labute approximate surface area is 302 Å². The molecular formula is C47H32N4O. The van der Waals surface area contributed by atoms with Crippen LogP contribution in [0.4, 0.5) is 0 Å². The third kappa shape index (κ3) is 5.84. The van der Waals surface area contributed by atoms with Crippen molar-refractivity contribution < 1.29 is 4.42 Å². The summed E-state index contributed by atoms with van der Waals surface area (Å²) in [6.07, 6.45) is 0. The van der Waals surface area contributed by atoms with E-state index in [2.05, 4.69) is 132 Å². The lowest BCUT2D eigenvalue weighted by Crippen LogP contribution is -2.00. The second-order valence-corrected chi connectivity index (χ2v) is 12.8. The molecule has 9 aromatic rings. The number of rotatable bonds is 7. The van der Waals surface area contributed by atoms with Gasteiger partial charge in [-0.3, -0.25) is 0 Å². The molecule has 0 aliphatic carbocycles. The summed E-state index contributed by atoms with van der Waals surface area (Å²) in [4.78, 5) is 11.0. The quantitative estimate of drug-likeness (QED) is 0.169. The normalized spacial score (nSPS) is 11.2. The van der Waals surface area contributed by atoms with Crippen molar-refractivity contribution in [2.24, 2.45) is 0 Å². The first-order valence-electron chi connectivity index (χ1n) is 17.3. The number of aryl methyl sites for hydroxylation is 1. The molecule has 0 bridgehead atoms. The van der Waals surface area contributed by atoms with Gasteiger partial charge in [-0.2, -0.15) is 0 Å². The van der Waals surface area contributed by atoms with Crippen molar-refractivity contribution in [1.29, 1.82) is 0 Å². The minimum Gasteiger partial charge on any atom is -0.416 e. The molecule has 0 saturated heterocycles. The molecule has 0 N–H and O–H groups in total. The van der Waals surface area contributed by atoms with Crippen molar-refractivity contribution in [2.45, 2.75) is 6.92 Å². The maximum absolute atomic E-state index is 5.98. The molecule has 5 heteroatoms. The van der Waals surface area contributed by atoms with Gasteiger partial charge >= 0.3 is 0 Å². The van der Waals surface area contributed by atoms with E-state index in [1.165, 1.54) is 0 Å². The lowest BCUT2D eigenvalue weighted by atomic mass is 9.92. The van der Waals surface area contributed by atoms with Crippen molar-refractivity contribution in [1.82, 2.24) is 20.2 Å². The van der Waals surface area contributed by atoms with Crippen molar-refractivity contribution in [3.63, 3.8) is 0 Å². The molecule has 0 aliphatic rings. The van der Waals surface area contributed by atoms with Gasteiger partial charge in [0.1, 0.15) is 0 Å². The Hall–Kier alpha value is -6.98. The molecule has 2 aromatic heterocycles. The average molecular weight is 669 g/mol. The van der Waals surface area contributed by atoms with E-state index in [4.69, 9.17) is 14.4 Å². The predicted octanol–water partition coefficient (Wildman–Crippen LogP) is 12.0. The molecule has 0 atom stereocenters. The predicted molar refractivity (Wildman–Crippen MR) is 210 cm³/mol. The molecule has 0 unspecified atom stereocenters. The van der Waals surface area contributed by atoms with E-state index in [9.17, 15) is 0 Å². The van der Waals surface area contributed by atoms with Gasteiger partial charge in [-0.05, 0) is 65.1 Å². The number of hydrogen-bond acceptors (Lipinski definition) is 5. The van der Waals surface area contributed by atoms with Crippen LogP contribution in [0.3, 0.4) is 0 Å². The maximum Gasteiger partial charge on any atom is 0.248 e. The number of fused-ring (bicyclic) bond motifs is 1. The van der Waals surface area contributed by atoms with Crippen molar-refractivity contribution in [3.05, 3.63) is 181 Å². The molecule has 0 saturated carbocycles. The molecule has 246 valence electrons. The summed E-state index contributed by atoms with van der Waals surface area (Å²) in [5.41, 5.74) is 15.0. The molecule has 9 rings (SSSR count). The fourth-order valence-corrected chi connectivity index (χ4v) is 6.81. The summed E-state index contributed by atoms with van der Waals surface area (Å²) >= 11 is 0. The fraction of sp³-hybridized carbons (Fsp3) is 0.0213. The number of benzene rings is 7. The highest BCUT2D eigenvalue weighted by molar-refractivity contribution is 6.04. The summed E-state index contributed by atoms with van der Waals surface area (Å²) in [7, 11) is 0. The highest BCUT2D eigenvalue weighted by atomic mass is 16.4. The highest BCUT2D eigenvalue weighted by Crippen LogP contribution is 2.41. The summed E-state index contributed by atoms with van der Waals surface area (Å²) in [6, 6.07) is 60.2. The molecule has 0 fully saturated rings. The lowest BCUT2D eigenvalue weighted by molar-refractivity contribution is 0.584. The Morgan fingerprint density at radius 3 is 1.29 bits per heavy atom. The van der Waals surface area contributed by atoms with Crippen molar-refractivity contribution >= 4 is 11.0 Å². The number of hydrogen-bond donors (Lipinski definition) is 0. The maximum atomic E-state index is 5.98. The smallest absolute Gasteiger partial charge is 0.248 e. The molecule has 0 spiro atoms. The average Bonchev–Trinajstić information content (AvgIpc) is 3.72. The van der Waals surface area contributed by atoms with Gasteiger partial charge in [-0.15, -0.1) is 10.2 Å². The van der Waals surface area contributed by atoms with E-state index in [1.807, 2.05) is 60.7 Å². The minimum atomic E-state index is 0.490. The van der Waals surface area contributed by atoms with Gasteiger partial charge in [0.2, 0.25) is 11.8 Å². The number of nitrogens with zero attached hydrogens (tertiary/aromatic N) is 4. The van der Waals surface area contributed by atoms with Crippen LogP contribution in [0.25, 0.3) is 89.8 Å². The third-order valence-corrected chi connectivity index (χ3v) is 9.41. The lowest BCUT2D eigenvalue weighted by Gasteiger charge is -2.18. The van der Waals surface area contributed by atoms with Gasteiger partial charge in [0.05, 0.1) is 22.4 Å². The van der Waals surface area contributed by atoms with Gasteiger partial charge in [0.15, 0.2) is 0 Å². The molecular weight excluding hydrogens is 637 g/mol. The topological polar surface area (TPSA) is 64.7 Å². The van der Waals surface area contributed by atoms with Crippen LogP contribution in [0.5, 0.6) is 0 Å². The van der Waals surface area contributed by atoms with Gasteiger partial charge in [-0.25, -0.2) is 9.97 Å². The zero-order valence-electron chi connectivity index (χ0n) is 28.4. The van der Waals surface area contributed by atoms with Gasteiger partial charge in [-0.1, -0.05) is 146 Å². The Kier molecular flexibility index (Phi) is 7.99. The van der Waals surface area contributed by atoms with Gasteiger partial charge in [0.25, 0.3) is 0 Å². The van der Waals surface area contributed by atoms with Crippen LogP contribution in [0.15, 0.2) is 180 Å². The first-order chi connectivity index (χ1) is 25.7. The monoisotopic (exact) mass is 668 g/mol. The van der Waals surface area contributed by atoms with Crippen LogP contribution in [0.1, 0.15) is 5.56 Å². The number of aromatic nitrogens is 4. The van der Waals surface area contributed by atoms with Crippen LogP contribution in [0.2, 0.25) is 0 Å². The van der Waals surface area contributed by atoms with Crippen LogP contribution < -0.4 is 0 Å². The molecule has 5 nitrogen and oxygen atoms in total. The zero-order valence-corrected chi connectivity index (χ0v) is 28.4. The minimum absolute atomic E-state index is 0.490. The first kappa shape index (κ1) is 31.0.